The molecular weight excluding hydrogens is 472 g/mol. The molecule has 10 heteroatoms. The van der Waals surface area contributed by atoms with E-state index in [0.29, 0.717) is 32.7 Å². The summed E-state index contributed by atoms with van der Waals surface area (Å²) in [5, 5.41) is 0. The van der Waals surface area contributed by atoms with E-state index in [1.54, 1.807) is 6.92 Å². The zero-order valence-electron chi connectivity index (χ0n) is 21.6. The Kier molecular flexibility index (Phi) is 6.85. The highest BCUT2D eigenvalue weighted by atomic mass is 17.2. The molecule has 36 heavy (non-hydrogen) atoms. The van der Waals surface area contributed by atoms with E-state index in [0.717, 1.165) is 19.3 Å². The lowest BCUT2D eigenvalue weighted by Gasteiger charge is -2.49. The fourth-order valence-electron chi connectivity index (χ4n) is 8.14. The molecule has 1 spiro atoms. The van der Waals surface area contributed by atoms with Crippen LogP contribution in [-0.4, -0.2) is 74.9 Å². The van der Waals surface area contributed by atoms with E-state index >= 15 is 0 Å². The third kappa shape index (κ3) is 3.26. The molecule has 0 N–H and O–H groups in total. The summed E-state index contributed by atoms with van der Waals surface area (Å²) in [6.07, 6.45) is 1.81. The van der Waals surface area contributed by atoms with Gasteiger partial charge in [0.25, 0.3) is 0 Å². The number of rotatable bonds is 11. The second kappa shape index (κ2) is 9.53. The molecule has 0 aromatic rings. The Labute approximate surface area is 211 Å². The molecule has 3 aliphatic heterocycles. The third-order valence-corrected chi connectivity index (χ3v) is 9.65. The molecule has 10 nitrogen and oxygen atoms in total. The molecule has 202 valence electrons. The van der Waals surface area contributed by atoms with Crippen LogP contribution < -0.4 is 0 Å². The van der Waals surface area contributed by atoms with Gasteiger partial charge < -0.3 is 23.7 Å². The topological polar surface area (TPSA) is 116 Å². The smallest absolute Gasteiger partial charge is 0.371 e. The standard InChI is InChI=1S/C26H38O10/c1-5-7-8-16-13-18-25-14-17-19(15(3)21(27)33-17)26(25,23(29)34-18)36-35-22(28)20(24(16,25)4)32-12-11-31-10-9-30-6-2/h15-20H,5-14H2,1-4H3/t15?,16-,17?,18?,19?,20?,24?,25?,26?/m1/s1. The molecule has 0 radical (unpaired) electrons. The zero-order chi connectivity index (χ0) is 25.7. The minimum Gasteiger partial charge on any atom is -0.462 e. The van der Waals surface area contributed by atoms with Crippen molar-refractivity contribution in [2.75, 3.05) is 33.0 Å². The normalized spacial score (nSPS) is 44.5. The maximum atomic E-state index is 13.6. The second-order valence-corrected chi connectivity index (χ2v) is 11.0. The maximum Gasteiger partial charge on any atom is 0.371 e. The van der Waals surface area contributed by atoms with Crippen molar-refractivity contribution < 1.29 is 47.8 Å². The fraction of sp³-hybridized carbons (Fsp3) is 0.885. The van der Waals surface area contributed by atoms with Gasteiger partial charge in [-0.3, -0.25) is 9.68 Å². The van der Waals surface area contributed by atoms with Crippen LogP contribution >= 0.6 is 0 Å². The number of unbranched alkanes of at least 4 members (excludes halogenated alkanes) is 1. The molecule has 3 saturated heterocycles. The van der Waals surface area contributed by atoms with Gasteiger partial charge in [0, 0.05) is 12.0 Å². The van der Waals surface area contributed by atoms with Crippen molar-refractivity contribution in [2.24, 2.45) is 28.6 Å². The predicted octanol–water partition coefficient (Wildman–Crippen LogP) is 2.36. The predicted molar refractivity (Wildman–Crippen MR) is 122 cm³/mol. The van der Waals surface area contributed by atoms with Crippen LogP contribution in [0.3, 0.4) is 0 Å². The van der Waals surface area contributed by atoms with Crippen molar-refractivity contribution in [1.82, 2.24) is 0 Å². The van der Waals surface area contributed by atoms with Gasteiger partial charge in [0.2, 0.25) is 5.60 Å². The Hall–Kier alpha value is -1.75. The average molecular weight is 511 g/mol. The van der Waals surface area contributed by atoms with Crippen molar-refractivity contribution >= 4 is 17.9 Å². The second-order valence-electron chi connectivity index (χ2n) is 11.0. The van der Waals surface area contributed by atoms with Gasteiger partial charge in [0.15, 0.2) is 6.10 Å². The molecule has 5 aliphatic rings. The Bertz CT molecular complexity index is 892. The van der Waals surface area contributed by atoms with E-state index in [9.17, 15) is 14.4 Å². The van der Waals surface area contributed by atoms with Crippen LogP contribution in [0.2, 0.25) is 0 Å². The molecule has 8 unspecified atom stereocenters. The van der Waals surface area contributed by atoms with Crippen LogP contribution in [0.5, 0.6) is 0 Å². The summed E-state index contributed by atoms with van der Waals surface area (Å²) in [5.41, 5.74) is -3.37. The molecule has 0 amide bonds. The summed E-state index contributed by atoms with van der Waals surface area (Å²) in [6, 6.07) is 0. The van der Waals surface area contributed by atoms with Crippen LogP contribution in [0.4, 0.5) is 0 Å². The van der Waals surface area contributed by atoms with Gasteiger partial charge >= 0.3 is 17.9 Å². The van der Waals surface area contributed by atoms with Crippen molar-refractivity contribution in [1.29, 1.82) is 0 Å². The Balaban J connectivity index is 1.50. The van der Waals surface area contributed by atoms with Gasteiger partial charge in [-0.25, -0.2) is 9.59 Å². The summed E-state index contributed by atoms with van der Waals surface area (Å²) < 4.78 is 28.9. The molecule has 9 atom stereocenters. The first-order valence-electron chi connectivity index (χ1n) is 13.4. The number of hydrogen-bond acceptors (Lipinski definition) is 10. The molecular formula is C26H38O10. The summed E-state index contributed by atoms with van der Waals surface area (Å²) in [5.74, 6) is -2.76. The van der Waals surface area contributed by atoms with Crippen LogP contribution in [0.1, 0.15) is 59.8 Å². The van der Waals surface area contributed by atoms with Gasteiger partial charge in [-0.1, -0.05) is 33.6 Å². The third-order valence-electron chi connectivity index (χ3n) is 9.65. The van der Waals surface area contributed by atoms with Crippen molar-refractivity contribution in [3.05, 3.63) is 0 Å². The number of hydrogen-bond donors (Lipinski definition) is 0. The van der Waals surface area contributed by atoms with Gasteiger partial charge in [-0.05, 0) is 32.1 Å². The largest absolute Gasteiger partial charge is 0.462 e. The summed E-state index contributed by atoms with van der Waals surface area (Å²) in [4.78, 5) is 50.9. The van der Waals surface area contributed by atoms with Crippen LogP contribution in [0, 0.1) is 28.6 Å². The van der Waals surface area contributed by atoms with E-state index in [-0.39, 0.29) is 25.1 Å². The van der Waals surface area contributed by atoms with Crippen LogP contribution in [0.25, 0.3) is 0 Å². The maximum absolute atomic E-state index is 13.6. The molecule has 0 aromatic carbocycles. The molecule has 3 heterocycles. The number of carbonyl (C=O) groups excluding carboxylic acids is 3. The zero-order valence-corrected chi connectivity index (χ0v) is 21.6. The van der Waals surface area contributed by atoms with Crippen molar-refractivity contribution in [3.63, 3.8) is 0 Å². The van der Waals surface area contributed by atoms with E-state index < -0.39 is 58.5 Å². The Morgan fingerprint density at radius 3 is 2.50 bits per heavy atom. The van der Waals surface area contributed by atoms with Crippen LogP contribution in [-0.2, 0) is 47.8 Å². The highest BCUT2D eigenvalue weighted by molar-refractivity contribution is 5.90. The highest BCUT2D eigenvalue weighted by Gasteiger charge is 2.91. The van der Waals surface area contributed by atoms with Crippen molar-refractivity contribution in [3.8, 4) is 0 Å². The molecule has 2 aliphatic carbocycles. The van der Waals surface area contributed by atoms with E-state index in [1.165, 1.54) is 0 Å². The Morgan fingerprint density at radius 1 is 1.00 bits per heavy atom. The number of fused-ring (bicyclic) bond motifs is 1. The highest BCUT2D eigenvalue weighted by Crippen LogP contribution is 2.77. The van der Waals surface area contributed by atoms with Crippen LogP contribution in [0.15, 0.2) is 0 Å². The minimum absolute atomic E-state index is 0.0258. The number of carbonyl (C=O) groups is 3. The SMILES string of the molecule is CCCC[C@@H]1CC2OC(=O)C34OOC(=O)C(OCCOCCOCC)C1(C)C23CC1OC(=O)C(C)C14. The molecule has 5 rings (SSSR count). The van der Waals surface area contributed by atoms with Gasteiger partial charge in [-0.15, -0.1) is 0 Å². The number of esters is 2. The molecule has 5 fully saturated rings. The van der Waals surface area contributed by atoms with E-state index in [2.05, 4.69) is 6.92 Å². The number of ether oxygens (including phenoxy) is 5. The first-order valence-corrected chi connectivity index (χ1v) is 13.4. The van der Waals surface area contributed by atoms with Gasteiger partial charge in [0.1, 0.15) is 12.2 Å². The van der Waals surface area contributed by atoms with E-state index in [4.69, 9.17) is 33.5 Å². The lowest BCUT2D eigenvalue weighted by molar-refractivity contribution is -0.344. The Morgan fingerprint density at radius 2 is 1.75 bits per heavy atom. The quantitative estimate of drug-likeness (QED) is 0.233. The van der Waals surface area contributed by atoms with Crippen molar-refractivity contribution in [2.45, 2.75) is 83.7 Å². The van der Waals surface area contributed by atoms with E-state index in [1.807, 2.05) is 13.8 Å². The fourth-order valence-corrected chi connectivity index (χ4v) is 8.14. The lowest BCUT2D eigenvalue weighted by atomic mass is 9.53. The summed E-state index contributed by atoms with van der Waals surface area (Å²) in [6.45, 7) is 9.79. The molecule has 0 bridgehead atoms. The van der Waals surface area contributed by atoms with Gasteiger partial charge in [-0.2, -0.15) is 4.89 Å². The monoisotopic (exact) mass is 510 g/mol. The lowest BCUT2D eigenvalue weighted by Crippen LogP contribution is -2.62. The summed E-state index contributed by atoms with van der Waals surface area (Å²) in [7, 11) is 0. The first kappa shape index (κ1) is 25.9. The molecule has 2 saturated carbocycles. The minimum atomic E-state index is -1.61. The molecule has 0 aromatic heterocycles. The van der Waals surface area contributed by atoms with Gasteiger partial charge in [0.05, 0.1) is 43.7 Å². The average Bonchev–Trinajstić information content (AvgIpc) is 3.44. The summed E-state index contributed by atoms with van der Waals surface area (Å²) >= 11 is 0. The first-order chi connectivity index (χ1) is 17.3.